The van der Waals surface area contributed by atoms with Gasteiger partial charge in [0.15, 0.2) is 6.61 Å². The van der Waals surface area contributed by atoms with Gasteiger partial charge in [-0.05, 0) is 36.4 Å². The molecule has 0 heterocycles. The first-order valence-corrected chi connectivity index (χ1v) is 9.18. The van der Waals surface area contributed by atoms with Crippen LogP contribution in [0.3, 0.4) is 0 Å². The Bertz CT molecular complexity index is 862. The number of amides is 2. The first-order valence-electron chi connectivity index (χ1n) is 8.30. The number of rotatable bonds is 9. The van der Waals surface area contributed by atoms with Gasteiger partial charge in [0.1, 0.15) is 12.3 Å². The molecule has 0 radical (unpaired) electrons. The van der Waals surface area contributed by atoms with Crippen LogP contribution in [0, 0.1) is 0 Å². The molecule has 0 bridgehead atoms. The van der Waals surface area contributed by atoms with Crippen molar-refractivity contribution in [1.82, 2.24) is 5.32 Å². The van der Waals surface area contributed by atoms with Gasteiger partial charge < -0.3 is 20.1 Å². The quantitative estimate of drug-likeness (QED) is 0.475. The largest absolute Gasteiger partial charge is 0.497 e. The van der Waals surface area contributed by atoms with E-state index in [1.165, 1.54) is 31.4 Å². The Hall–Kier alpha value is -3.14. The molecule has 2 N–H and O–H groups in total. The Morgan fingerprint density at radius 3 is 2.41 bits per heavy atom. The molecule has 0 spiro atoms. The van der Waals surface area contributed by atoms with Gasteiger partial charge in [-0.2, -0.15) is 8.78 Å². The van der Waals surface area contributed by atoms with Gasteiger partial charge in [0.05, 0.1) is 12.8 Å². The van der Waals surface area contributed by atoms with E-state index in [1.54, 1.807) is 24.3 Å². The van der Waals surface area contributed by atoms with Crippen molar-refractivity contribution in [1.29, 1.82) is 0 Å². The number of carbonyl (C=O) groups excluding carboxylic acids is 3. The number of alkyl halides is 2. The highest BCUT2D eigenvalue weighted by Crippen LogP contribution is 2.31. The molecule has 0 atom stereocenters. The number of halogens is 2. The highest BCUT2D eigenvalue weighted by atomic mass is 32.2. The second-order valence-electron chi connectivity index (χ2n) is 5.49. The molecular formula is C19H18F2N2O5S. The molecule has 29 heavy (non-hydrogen) atoms. The van der Waals surface area contributed by atoms with Crippen LogP contribution in [0.4, 0.5) is 14.5 Å². The summed E-state index contributed by atoms with van der Waals surface area (Å²) in [6.45, 7) is -1.05. The second kappa shape index (κ2) is 11.0. The Morgan fingerprint density at radius 2 is 1.76 bits per heavy atom. The summed E-state index contributed by atoms with van der Waals surface area (Å²) in [6, 6.07) is 12.3. The predicted molar refractivity (Wildman–Crippen MR) is 103 cm³/mol. The van der Waals surface area contributed by atoms with E-state index in [-0.39, 0.29) is 10.6 Å². The van der Waals surface area contributed by atoms with Crippen LogP contribution in [0.5, 0.6) is 5.75 Å². The number of carbonyl (C=O) groups is 3. The lowest BCUT2D eigenvalue weighted by molar-refractivity contribution is -0.146. The van der Waals surface area contributed by atoms with Gasteiger partial charge in [0.2, 0.25) is 0 Å². The molecule has 2 aromatic rings. The van der Waals surface area contributed by atoms with Gasteiger partial charge in [-0.15, -0.1) is 0 Å². The highest BCUT2D eigenvalue weighted by molar-refractivity contribution is 7.99. The normalized spacial score (nSPS) is 10.3. The number of anilines is 1. The Balaban J connectivity index is 1.77. The van der Waals surface area contributed by atoms with Gasteiger partial charge in [-0.1, -0.05) is 23.9 Å². The van der Waals surface area contributed by atoms with Crippen LogP contribution in [0.1, 0.15) is 10.4 Å². The summed E-state index contributed by atoms with van der Waals surface area (Å²) in [5.41, 5.74) is 0.510. The number of nitrogens with one attached hydrogen (secondary N) is 2. The third kappa shape index (κ3) is 7.41. The van der Waals surface area contributed by atoms with Gasteiger partial charge >= 0.3 is 5.97 Å². The SMILES string of the molecule is COc1ccc(C(=O)NCC(=O)OCC(=O)Nc2ccccc2SC(F)F)cc1. The van der Waals surface area contributed by atoms with Crippen LogP contribution in [-0.4, -0.2) is 43.8 Å². The maximum atomic E-state index is 12.5. The third-order valence-electron chi connectivity index (χ3n) is 3.49. The number of para-hydroxylation sites is 1. The van der Waals surface area contributed by atoms with E-state index in [9.17, 15) is 23.2 Å². The Kier molecular flexibility index (Phi) is 8.41. The molecule has 0 aliphatic rings. The van der Waals surface area contributed by atoms with Crippen LogP contribution >= 0.6 is 11.8 Å². The summed E-state index contributed by atoms with van der Waals surface area (Å²) in [6.07, 6.45) is 0. The summed E-state index contributed by atoms with van der Waals surface area (Å²) < 4.78 is 34.9. The molecule has 0 unspecified atom stereocenters. The molecule has 0 aliphatic carbocycles. The number of thioether (sulfide) groups is 1. The highest BCUT2D eigenvalue weighted by Gasteiger charge is 2.14. The lowest BCUT2D eigenvalue weighted by atomic mass is 10.2. The number of methoxy groups -OCH3 is 1. The molecule has 7 nitrogen and oxygen atoms in total. The average molecular weight is 424 g/mol. The van der Waals surface area contributed by atoms with E-state index in [0.29, 0.717) is 23.1 Å². The minimum Gasteiger partial charge on any atom is -0.497 e. The second-order valence-corrected chi connectivity index (χ2v) is 6.53. The van der Waals surface area contributed by atoms with E-state index in [1.807, 2.05) is 0 Å². The lowest BCUT2D eigenvalue weighted by Crippen LogP contribution is -2.32. The molecule has 2 amide bonds. The Labute approximate surface area is 169 Å². The summed E-state index contributed by atoms with van der Waals surface area (Å²) in [4.78, 5) is 35.7. The van der Waals surface area contributed by atoms with E-state index in [2.05, 4.69) is 10.6 Å². The van der Waals surface area contributed by atoms with Crippen molar-refractivity contribution in [3.8, 4) is 5.75 Å². The van der Waals surface area contributed by atoms with Crippen LogP contribution < -0.4 is 15.4 Å². The molecule has 154 valence electrons. The van der Waals surface area contributed by atoms with Crippen molar-refractivity contribution in [3.63, 3.8) is 0 Å². The van der Waals surface area contributed by atoms with Gasteiger partial charge in [0, 0.05) is 10.5 Å². The lowest BCUT2D eigenvalue weighted by Gasteiger charge is -2.11. The standard InChI is InChI=1S/C19H18F2N2O5S/c1-27-13-8-6-12(7-9-13)18(26)22-10-17(25)28-11-16(24)23-14-4-2-3-5-15(14)29-19(20)21/h2-9,19H,10-11H2,1H3,(H,22,26)(H,23,24). The summed E-state index contributed by atoms with van der Waals surface area (Å²) in [5.74, 6) is -4.06. The fraction of sp³-hybridized carbons (Fsp3) is 0.211. The van der Waals surface area contributed by atoms with Crippen molar-refractivity contribution in [2.75, 3.05) is 25.6 Å². The molecule has 0 saturated heterocycles. The number of esters is 1. The first kappa shape index (κ1) is 22.2. The first-order chi connectivity index (χ1) is 13.9. The Morgan fingerprint density at radius 1 is 1.07 bits per heavy atom. The van der Waals surface area contributed by atoms with E-state index in [0.717, 1.165) is 0 Å². The predicted octanol–water partition coefficient (Wildman–Crippen LogP) is 2.92. The minimum atomic E-state index is -2.64. The van der Waals surface area contributed by atoms with E-state index >= 15 is 0 Å². The minimum absolute atomic E-state index is 0.187. The summed E-state index contributed by atoms with van der Waals surface area (Å²) in [5, 5.41) is 4.77. The molecule has 2 rings (SSSR count). The van der Waals surface area contributed by atoms with Crippen molar-refractivity contribution in [2.45, 2.75) is 10.7 Å². The number of benzene rings is 2. The van der Waals surface area contributed by atoms with E-state index < -0.39 is 36.7 Å². The van der Waals surface area contributed by atoms with Crippen molar-refractivity contribution >= 4 is 35.2 Å². The maximum Gasteiger partial charge on any atom is 0.325 e. The topological polar surface area (TPSA) is 93.7 Å². The molecule has 0 aliphatic heterocycles. The smallest absolute Gasteiger partial charge is 0.325 e. The fourth-order valence-corrected chi connectivity index (χ4v) is 2.74. The molecular weight excluding hydrogens is 406 g/mol. The van der Waals surface area contributed by atoms with Crippen LogP contribution in [0.15, 0.2) is 53.4 Å². The summed E-state index contributed by atoms with van der Waals surface area (Å²) >= 11 is 0.292. The monoisotopic (exact) mass is 424 g/mol. The molecule has 0 saturated carbocycles. The zero-order valence-corrected chi connectivity index (χ0v) is 16.1. The van der Waals surface area contributed by atoms with Crippen molar-refractivity contribution < 1.29 is 32.6 Å². The number of hydrogen-bond donors (Lipinski definition) is 2. The zero-order valence-electron chi connectivity index (χ0n) is 15.3. The third-order valence-corrected chi connectivity index (χ3v) is 4.28. The fourth-order valence-electron chi connectivity index (χ4n) is 2.15. The van der Waals surface area contributed by atoms with Crippen molar-refractivity contribution in [2.24, 2.45) is 0 Å². The number of ether oxygens (including phenoxy) is 2. The van der Waals surface area contributed by atoms with Crippen LogP contribution in [0.2, 0.25) is 0 Å². The molecule has 10 heteroatoms. The number of hydrogen-bond acceptors (Lipinski definition) is 6. The van der Waals surface area contributed by atoms with Crippen molar-refractivity contribution in [3.05, 3.63) is 54.1 Å². The van der Waals surface area contributed by atoms with Crippen LogP contribution in [0.25, 0.3) is 0 Å². The molecule has 0 aromatic heterocycles. The van der Waals surface area contributed by atoms with Crippen LogP contribution in [-0.2, 0) is 14.3 Å². The molecule has 0 fully saturated rings. The molecule has 2 aromatic carbocycles. The summed E-state index contributed by atoms with van der Waals surface area (Å²) in [7, 11) is 1.50. The van der Waals surface area contributed by atoms with E-state index in [4.69, 9.17) is 9.47 Å². The maximum absolute atomic E-state index is 12.5. The van der Waals surface area contributed by atoms with Gasteiger partial charge in [-0.3, -0.25) is 14.4 Å². The average Bonchev–Trinajstić information content (AvgIpc) is 2.71. The zero-order chi connectivity index (χ0) is 21.2. The van der Waals surface area contributed by atoms with Gasteiger partial charge in [-0.25, -0.2) is 0 Å². The van der Waals surface area contributed by atoms with Gasteiger partial charge in [0.25, 0.3) is 17.6 Å².